The lowest BCUT2D eigenvalue weighted by atomic mass is 10.3. The Morgan fingerprint density at radius 3 is 2.30 bits per heavy atom. The number of nitrogens with zero attached hydrogens (tertiary/aromatic N) is 2. The van der Waals surface area contributed by atoms with Gasteiger partial charge in [0.25, 0.3) is 0 Å². The van der Waals surface area contributed by atoms with E-state index in [1.165, 1.54) is 0 Å². The van der Waals surface area contributed by atoms with Crippen LogP contribution in [0.1, 0.15) is 6.92 Å². The Balaban J connectivity index is 2.53. The van der Waals surface area contributed by atoms with Gasteiger partial charge in [0.2, 0.25) is 0 Å². The fourth-order valence-corrected chi connectivity index (χ4v) is 1.42. The maximum Gasteiger partial charge on any atom is 0.0599 e. The van der Waals surface area contributed by atoms with Crippen LogP contribution in [-0.4, -0.2) is 54.4 Å². The predicted molar refractivity (Wildman–Crippen MR) is 40.7 cm³/mol. The summed E-state index contributed by atoms with van der Waals surface area (Å²) in [7, 11) is 4.13. The van der Waals surface area contributed by atoms with Gasteiger partial charge in [-0.05, 0) is 21.0 Å². The number of aliphatic hydroxyl groups excluding tert-OH is 1. The summed E-state index contributed by atoms with van der Waals surface area (Å²) in [6.07, 6.45) is 0.470. The van der Waals surface area contributed by atoms with E-state index >= 15 is 0 Å². The van der Waals surface area contributed by atoms with Crippen LogP contribution in [0, 0.1) is 0 Å². The average Bonchev–Trinajstić information content (AvgIpc) is 2.17. The zero-order valence-electron chi connectivity index (χ0n) is 6.91. The topological polar surface area (TPSA) is 26.7 Å². The molecular formula is C7H16N2O. The first-order chi connectivity index (χ1) is 4.66. The fraction of sp³-hybridized carbons (Fsp3) is 1.00. The minimum atomic E-state index is 0.269. The van der Waals surface area contributed by atoms with E-state index in [1.54, 1.807) is 0 Å². The molecule has 0 aromatic rings. The molecule has 0 spiro atoms. The maximum atomic E-state index is 8.90. The number of rotatable bonds is 1. The van der Waals surface area contributed by atoms with Crippen LogP contribution in [0.4, 0.5) is 0 Å². The minimum absolute atomic E-state index is 0.269. The molecule has 0 amide bonds. The van der Waals surface area contributed by atoms with Crippen LogP contribution in [0.2, 0.25) is 0 Å². The molecule has 1 heterocycles. The molecule has 1 aliphatic heterocycles. The highest BCUT2D eigenvalue weighted by Gasteiger charge is 2.30. The Bertz CT molecular complexity index is 118. The van der Waals surface area contributed by atoms with Gasteiger partial charge in [-0.2, -0.15) is 0 Å². The third-order valence-electron chi connectivity index (χ3n) is 2.51. The molecule has 1 rings (SSSR count). The molecule has 1 aliphatic rings. The smallest absolute Gasteiger partial charge is 0.0599 e. The van der Waals surface area contributed by atoms with Gasteiger partial charge in [-0.3, -0.25) is 9.80 Å². The molecule has 0 bridgehead atoms. The van der Waals surface area contributed by atoms with Crippen molar-refractivity contribution in [3.63, 3.8) is 0 Å². The minimum Gasteiger partial charge on any atom is -0.395 e. The normalized spacial score (nSPS) is 37.2. The lowest BCUT2D eigenvalue weighted by molar-refractivity contribution is 0.148. The first-order valence-corrected chi connectivity index (χ1v) is 3.70. The third kappa shape index (κ3) is 1.17. The SMILES string of the molecule is CC1N(C)CC(CO)N1C. The lowest BCUT2D eigenvalue weighted by Crippen LogP contribution is -2.35. The van der Waals surface area contributed by atoms with Crippen LogP contribution in [0.5, 0.6) is 0 Å². The van der Waals surface area contributed by atoms with Crippen LogP contribution in [-0.2, 0) is 0 Å². The van der Waals surface area contributed by atoms with Crippen molar-refractivity contribution in [1.29, 1.82) is 0 Å². The second-order valence-electron chi connectivity index (χ2n) is 3.07. The number of hydrogen-bond acceptors (Lipinski definition) is 3. The first kappa shape index (κ1) is 7.98. The molecule has 1 saturated heterocycles. The third-order valence-corrected chi connectivity index (χ3v) is 2.51. The summed E-state index contributed by atoms with van der Waals surface area (Å²) in [6.45, 7) is 3.40. The van der Waals surface area contributed by atoms with Gasteiger partial charge in [-0.25, -0.2) is 0 Å². The van der Waals surface area contributed by atoms with E-state index in [0.717, 1.165) is 6.54 Å². The summed E-state index contributed by atoms with van der Waals surface area (Å²) >= 11 is 0. The van der Waals surface area contributed by atoms with Gasteiger partial charge in [0, 0.05) is 12.6 Å². The highest BCUT2D eigenvalue weighted by atomic mass is 16.3. The molecule has 0 saturated carbocycles. The Morgan fingerprint density at radius 1 is 1.50 bits per heavy atom. The molecule has 0 aliphatic carbocycles. The summed E-state index contributed by atoms with van der Waals surface area (Å²) < 4.78 is 0. The fourth-order valence-electron chi connectivity index (χ4n) is 1.42. The molecule has 3 nitrogen and oxygen atoms in total. The van der Waals surface area contributed by atoms with Crippen molar-refractivity contribution in [1.82, 2.24) is 9.80 Å². The second-order valence-corrected chi connectivity index (χ2v) is 3.07. The van der Waals surface area contributed by atoms with Crippen LogP contribution in [0.25, 0.3) is 0 Å². The van der Waals surface area contributed by atoms with Gasteiger partial charge < -0.3 is 5.11 Å². The molecule has 0 aromatic heterocycles. The molecule has 0 aromatic carbocycles. The lowest BCUT2D eigenvalue weighted by Gasteiger charge is -2.21. The Morgan fingerprint density at radius 2 is 2.10 bits per heavy atom. The summed E-state index contributed by atoms with van der Waals surface area (Å²) in [6, 6.07) is 0.333. The Kier molecular flexibility index (Phi) is 2.28. The van der Waals surface area contributed by atoms with Gasteiger partial charge in [-0.1, -0.05) is 0 Å². The van der Waals surface area contributed by atoms with Crippen molar-refractivity contribution in [2.24, 2.45) is 0 Å². The largest absolute Gasteiger partial charge is 0.395 e. The van der Waals surface area contributed by atoms with Crippen LogP contribution in [0.15, 0.2) is 0 Å². The highest BCUT2D eigenvalue weighted by molar-refractivity contribution is 4.83. The Hall–Kier alpha value is -0.120. The number of hydrogen-bond donors (Lipinski definition) is 1. The van der Waals surface area contributed by atoms with Gasteiger partial charge in [-0.15, -0.1) is 0 Å². The van der Waals surface area contributed by atoms with Crippen LogP contribution >= 0.6 is 0 Å². The molecule has 2 unspecified atom stereocenters. The molecule has 10 heavy (non-hydrogen) atoms. The van der Waals surface area contributed by atoms with Crippen molar-refractivity contribution >= 4 is 0 Å². The summed E-state index contributed by atoms with van der Waals surface area (Å²) in [5.74, 6) is 0. The van der Waals surface area contributed by atoms with E-state index in [-0.39, 0.29) is 6.61 Å². The average molecular weight is 144 g/mol. The molecule has 1 N–H and O–H groups in total. The highest BCUT2D eigenvalue weighted by Crippen LogP contribution is 2.14. The van der Waals surface area contributed by atoms with Gasteiger partial charge in [0.05, 0.1) is 12.8 Å². The monoisotopic (exact) mass is 144 g/mol. The Labute approximate surface area is 62.2 Å². The first-order valence-electron chi connectivity index (χ1n) is 3.70. The van der Waals surface area contributed by atoms with Crippen LogP contribution in [0.3, 0.4) is 0 Å². The number of aliphatic hydroxyl groups is 1. The molecule has 3 heteroatoms. The van der Waals surface area contributed by atoms with E-state index in [2.05, 4.69) is 30.8 Å². The van der Waals surface area contributed by atoms with Crippen LogP contribution < -0.4 is 0 Å². The van der Waals surface area contributed by atoms with E-state index in [1.807, 2.05) is 0 Å². The second kappa shape index (κ2) is 2.86. The quantitative estimate of drug-likeness (QED) is 0.541. The number of likely N-dealkylation sites (N-methyl/N-ethyl adjacent to an activating group) is 2. The van der Waals surface area contributed by atoms with E-state index < -0.39 is 0 Å². The van der Waals surface area contributed by atoms with Gasteiger partial charge in [0.15, 0.2) is 0 Å². The summed E-state index contributed by atoms with van der Waals surface area (Å²) in [5, 5.41) is 8.90. The van der Waals surface area contributed by atoms with Crippen molar-refractivity contribution in [2.45, 2.75) is 19.1 Å². The van der Waals surface area contributed by atoms with Crippen molar-refractivity contribution in [3.8, 4) is 0 Å². The van der Waals surface area contributed by atoms with Gasteiger partial charge >= 0.3 is 0 Å². The van der Waals surface area contributed by atoms with E-state index in [9.17, 15) is 0 Å². The molecule has 60 valence electrons. The molecular weight excluding hydrogens is 128 g/mol. The van der Waals surface area contributed by atoms with Crippen molar-refractivity contribution in [2.75, 3.05) is 27.2 Å². The van der Waals surface area contributed by atoms with E-state index in [4.69, 9.17) is 5.11 Å². The molecule has 2 atom stereocenters. The zero-order chi connectivity index (χ0) is 7.72. The molecule has 1 fully saturated rings. The predicted octanol–water partition coefficient (Wildman–Crippen LogP) is -0.429. The standard InChI is InChI=1S/C7H16N2O/c1-6-8(2)4-7(5-10)9(6)3/h6-7,10H,4-5H2,1-3H3. The molecule has 0 radical (unpaired) electrons. The zero-order valence-corrected chi connectivity index (χ0v) is 6.91. The summed E-state index contributed by atoms with van der Waals surface area (Å²) in [5.41, 5.74) is 0. The van der Waals surface area contributed by atoms with Crippen molar-refractivity contribution in [3.05, 3.63) is 0 Å². The van der Waals surface area contributed by atoms with E-state index in [0.29, 0.717) is 12.2 Å². The van der Waals surface area contributed by atoms with Crippen molar-refractivity contribution < 1.29 is 5.11 Å². The maximum absolute atomic E-state index is 8.90. The summed E-state index contributed by atoms with van der Waals surface area (Å²) in [4.78, 5) is 4.43. The van der Waals surface area contributed by atoms with Gasteiger partial charge in [0.1, 0.15) is 0 Å².